The van der Waals surface area contributed by atoms with Gasteiger partial charge in [-0.25, -0.2) is 5.84 Å². The van der Waals surface area contributed by atoms with E-state index in [-0.39, 0.29) is 5.91 Å². The first-order valence-corrected chi connectivity index (χ1v) is 5.80. The lowest BCUT2D eigenvalue weighted by atomic mass is 10.2. The third kappa shape index (κ3) is 3.99. The smallest absolute Gasteiger partial charge is 0.262 e. The Bertz CT molecular complexity index is 288. The third-order valence-electron chi connectivity index (χ3n) is 2.05. The number of thiophene rings is 1. The molecule has 84 valence electrons. The van der Waals surface area contributed by atoms with E-state index in [0.29, 0.717) is 13.0 Å². The first-order valence-electron chi connectivity index (χ1n) is 4.92. The van der Waals surface area contributed by atoms with Crippen molar-refractivity contribution in [2.45, 2.75) is 25.9 Å². The van der Waals surface area contributed by atoms with Gasteiger partial charge in [0.1, 0.15) is 6.10 Å². The lowest BCUT2D eigenvalue weighted by molar-refractivity contribution is -0.133. The van der Waals surface area contributed by atoms with Crippen molar-refractivity contribution < 1.29 is 9.53 Å². The maximum absolute atomic E-state index is 11.2. The lowest BCUT2D eigenvalue weighted by Crippen LogP contribution is -2.40. The maximum Gasteiger partial charge on any atom is 0.262 e. The normalized spacial score (nSPS) is 12.4. The second-order valence-electron chi connectivity index (χ2n) is 3.11. The fourth-order valence-electron chi connectivity index (χ4n) is 1.23. The molecule has 0 fully saturated rings. The molecule has 0 saturated carbocycles. The van der Waals surface area contributed by atoms with E-state index >= 15 is 0 Å². The SMILES string of the molecule is CCC(OCCc1cccs1)C(=O)NN. The number of nitrogens with one attached hydrogen (secondary N) is 1. The minimum atomic E-state index is -0.435. The van der Waals surface area contributed by atoms with Crippen LogP contribution in [0.4, 0.5) is 0 Å². The summed E-state index contributed by atoms with van der Waals surface area (Å²) in [5.74, 6) is 4.78. The Morgan fingerprint density at radius 1 is 1.73 bits per heavy atom. The number of hydrogen-bond donors (Lipinski definition) is 2. The van der Waals surface area contributed by atoms with Gasteiger partial charge in [-0.2, -0.15) is 0 Å². The van der Waals surface area contributed by atoms with Crippen molar-refractivity contribution in [3.05, 3.63) is 22.4 Å². The van der Waals surface area contributed by atoms with E-state index in [9.17, 15) is 4.79 Å². The molecule has 1 atom stereocenters. The van der Waals surface area contributed by atoms with Crippen LogP contribution in [0.15, 0.2) is 17.5 Å². The molecule has 1 aromatic heterocycles. The first-order chi connectivity index (χ1) is 7.27. The van der Waals surface area contributed by atoms with E-state index in [4.69, 9.17) is 10.6 Å². The predicted octanol–water partition coefficient (Wildman–Crippen LogP) is 1.08. The average Bonchev–Trinajstić information content (AvgIpc) is 2.76. The van der Waals surface area contributed by atoms with Crippen LogP contribution in [-0.4, -0.2) is 18.6 Å². The summed E-state index contributed by atoms with van der Waals surface area (Å²) in [5, 5.41) is 2.03. The van der Waals surface area contributed by atoms with Crippen LogP contribution in [0.3, 0.4) is 0 Å². The Balaban J connectivity index is 2.26. The summed E-state index contributed by atoms with van der Waals surface area (Å²) in [6.07, 6.45) is 1.04. The number of hydrazine groups is 1. The third-order valence-corrected chi connectivity index (χ3v) is 2.99. The average molecular weight is 228 g/mol. The molecular weight excluding hydrogens is 212 g/mol. The largest absolute Gasteiger partial charge is 0.368 e. The van der Waals surface area contributed by atoms with Gasteiger partial charge in [0.25, 0.3) is 5.91 Å². The van der Waals surface area contributed by atoms with Gasteiger partial charge in [-0.05, 0) is 17.9 Å². The van der Waals surface area contributed by atoms with Crippen molar-refractivity contribution in [3.63, 3.8) is 0 Å². The topological polar surface area (TPSA) is 64.3 Å². The van der Waals surface area contributed by atoms with Gasteiger partial charge in [-0.1, -0.05) is 13.0 Å². The molecule has 0 aliphatic rings. The number of rotatable bonds is 6. The molecule has 0 saturated heterocycles. The number of amides is 1. The van der Waals surface area contributed by atoms with Crippen LogP contribution >= 0.6 is 11.3 Å². The van der Waals surface area contributed by atoms with E-state index in [0.717, 1.165) is 6.42 Å². The molecule has 3 N–H and O–H groups in total. The molecule has 1 amide bonds. The van der Waals surface area contributed by atoms with Crippen LogP contribution in [-0.2, 0) is 16.0 Å². The van der Waals surface area contributed by atoms with E-state index in [1.54, 1.807) is 11.3 Å². The van der Waals surface area contributed by atoms with Gasteiger partial charge in [0, 0.05) is 11.3 Å². The second kappa shape index (κ2) is 6.55. The van der Waals surface area contributed by atoms with Crippen molar-refractivity contribution in [1.82, 2.24) is 5.43 Å². The van der Waals surface area contributed by atoms with Gasteiger partial charge >= 0.3 is 0 Å². The summed E-state index contributed by atoms with van der Waals surface area (Å²) in [6.45, 7) is 2.44. The molecule has 0 aliphatic heterocycles. The molecule has 1 aromatic rings. The highest BCUT2D eigenvalue weighted by atomic mass is 32.1. The van der Waals surface area contributed by atoms with Gasteiger partial charge in [0.2, 0.25) is 0 Å². The Hall–Kier alpha value is -0.910. The van der Waals surface area contributed by atoms with Crippen molar-refractivity contribution >= 4 is 17.2 Å². The molecule has 0 spiro atoms. The molecule has 4 nitrogen and oxygen atoms in total. The fourth-order valence-corrected chi connectivity index (χ4v) is 1.92. The minimum absolute atomic E-state index is 0.260. The molecule has 5 heteroatoms. The zero-order valence-electron chi connectivity index (χ0n) is 8.73. The van der Waals surface area contributed by atoms with Gasteiger partial charge in [0.05, 0.1) is 6.61 Å². The summed E-state index contributed by atoms with van der Waals surface area (Å²) in [7, 11) is 0. The highest BCUT2D eigenvalue weighted by Gasteiger charge is 2.15. The standard InChI is InChI=1S/C10H16N2O2S/c1-2-9(10(13)12-11)14-6-5-8-4-3-7-15-8/h3-4,7,9H,2,5-6,11H2,1H3,(H,12,13). The van der Waals surface area contributed by atoms with Crippen molar-refractivity contribution in [1.29, 1.82) is 0 Å². The minimum Gasteiger partial charge on any atom is -0.368 e. The maximum atomic E-state index is 11.2. The molecule has 1 unspecified atom stereocenters. The molecule has 0 bridgehead atoms. The second-order valence-corrected chi connectivity index (χ2v) is 4.14. The number of carbonyl (C=O) groups is 1. The van der Waals surface area contributed by atoms with Crippen LogP contribution in [0, 0.1) is 0 Å². The van der Waals surface area contributed by atoms with Crippen LogP contribution in [0.25, 0.3) is 0 Å². The van der Waals surface area contributed by atoms with Gasteiger partial charge in [0.15, 0.2) is 0 Å². The van der Waals surface area contributed by atoms with Crippen molar-refractivity contribution in [3.8, 4) is 0 Å². The summed E-state index contributed by atoms with van der Waals surface area (Å²) in [6, 6.07) is 4.06. The molecule has 0 aromatic carbocycles. The van der Waals surface area contributed by atoms with E-state index in [2.05, 4.69) is 11.5 Å². The van der Waals surface area contributed by atoms with Crippen LogP contribution in [0.1, 0.15) is 18.2 Å². The number of carbonyl (C=O) groups excluding carboxylic acids is 1. The number of hydrogen-bond acceptors (Lipinski definition) is 4. The Labute approximate surface area is 93.4 Å². The summed E-state index contributed by atoms with van der Waals surface area (Å²) in [5.41, 5.74) is 2.10. The zero-order valence-corrected chi connectivity index (χ0v) is 9.55. The first kappa shape index (κ1) is 12.2. The molecule has 0 radical (unpaired) electrons. The van der Waals surface area contributed by atoms with Crippen molar-refractivity contribution in [2.75, 3.05) is 6.61 Å². The van der Waals surface area contributed by atoms with Gasteiger partial charge in [-0.3, -0.25) is 10.2 Å². The van der Waals surface area contributed by atoms with Crippen molar-refractivity contribution in [2.24, 2.45) is 5.84 Å². The molecule has 15 heavy (non-hydrogen) atoms. The van der Waals surface area contributed by atoms with E-state index in [1.165, 1.54) is 4.88 Å². The lowest BCUT2D eigenvalue weighted by Gasteiger charge is -2.13. The Morgan fingerprint density at radius 3 is 3.07 bits per heavy atom. The number of nitrogens with two attached hydrogens (primary N) is 1. The molecule has 0 aliphatic carbocycles. The predicted molar refractivity (Wildman–Crippen MR) is 60.4 cm³/mol. The zero-order chi connectivity index (χ0) is 11.1. The van der Waals surface area contributed by atoms with Crippen LogP contribution in [0.5, 0.6) is 0 Å². The highest BCUT2D eigenvalue weighted by Crippen LogP contribution is 2.09. The van der Waals surface area contributed by atoms with Crippen LogP contribution in [0.2, 0.25) is 0 Å². The van der Waals surface area contributed by atoms with Gasteiger partial charge < -0.3 is 4.74 Å². The summed E-state index contributed by atoms with van der Waals surface area (Å²) >= 11 is 1.69. The quantitative estimate of drug-likeness (QED) is 0.435. The highest BCUT2D eigenvalue weighted by molar-refractivity contribution is 7.09. The van der Waals surface area contributed by atoms with Crippen LogP contribution < -0.4 is 11.3 Å². The monoisotopic (exact) mass is 228 g/mol. The van der Waals surface area contributed by atoms with Gasteiger partial charge in [-0.15, -0.1) is 11.3 Å². The number of ether oxygens (including phenoxy) is 1. The Morgan fingerprint density at radius 2 is 2.53 bits per heavy atom. The molecule has 1 rings (SSSR count). The summed E-state index contributed by atoms with van der Waals surface area (Å²) in [4.78, 5) is 12.4. The summed E-state index contributed by atoms with van der Waals surface area (Å²) < 4.78 is 5.43. The Kier molecular flexibility index (Phi) is 5.31. The molecule has 1 heterocycles. The van der Waals surface area contributed by atoms with E-state index in [1.807, 2.05) is 18.4 Å². The molecular formula is C10H16N2O2S. The van der Waals surface area contributed by atoms with E-state index < -0.39 is 6.10 Å². The fraction of sp³-hybridized carbons (Fsp3) is 0.500.